The summed E-state index contributed by atoms with van der Waals surface area (Å²) in [5.74, 6) is -0.0468. The molecule has 1 amide bonds. The van der Waals surface area contributed by atoms with Crippen LogP contribution in [-0.2, 0) is 4.74 Å². The zero-order valence-electron chi connectivity index (χ0n) is 9.82. The maximum absolute atomic E-state index is 11.9. The van der Waals surface area contributed by atoms with E-state index >= 15 is 0 Å². The molecule has 0 heterocycles. The minimum Gasteiger partial charge on any atom is -0.383 e. The van der Waals surface area contributed by atoms with Gasteiger partial charge in [0.2, 0.25) is 0 Å². The number of carbonyl (C=O) groups is 1. The Kier molecular flexibility index (Phi) is 5.35. The Bertz CT molecular complexity index is 355. The van der Waals surface area contributed by atoms with Gasteiger partial charge in [-0.15, -0.1) is 11.8 Å². The van der Waals surface area contributed by atoms with Crippen molar-refractivity contribution >= 4 is 17.7 Å². The van der Waals surface area contributed by atoms with Crippen LogP contribution in [0, 0.1) is 0 Å². The van der Waals surface area contributed by atoms with Gasteiger partial charge in [0.05, 0.1) is 12.2 Å². The Morgan fingerprint density at radius 3 is 2.81 bits per heavy atom. The third-order valence-corrected chi connectivity index (χ3v) is 2.94. The third-order valence-electron chi connectivity index (χ3n) is 2.15. The quantitative estimate of drug-likeness (QED) is 0.800. The molecule has 88 valence electrons. The van der Waals surface area contributed by atoms with Crippen molar-refractivity contribution in [1.82, 2.24) is 5.32 Å². The number of benzene rings is 1. The highest BCUT2D eigenvalue weighted by Crippen LogP contribution is 2.19. The molecule has 0 unspecified atom stereocenters. The third kappa shape index (κ3) is 3.54. The zero-order chi connectivity index (χ0) is 12.0. The molecule has 4 heteroatoms. The Morgan fingerprint density at radius 2 is 2.19 bits per heavy atom. The lowest BCUT2D eigenvalue weighted by Gasteiger charge is -2.14. The summed E-state index contributed by atoms with van der Waals surface area (Å²) >= 11 is 1.57. The van der Waals surface area contributed by atoms with Crippen LogP contribution < -0.4 is 5.32 Å². The second-order valence-corrected chi connectivity index (χ2v) is 4.38. The van der Waals surface area contributed by atoms with E-state index in [2.05, 4.69) is 5.32 Å². The minimum absolute atomic E-state index is 0.0208. The standard InChI is InChI=1S/C12H17NO2S/c1-9(8-15-2)13-12(14)10-6-4-5-7-11(10)16-3/h4-7,9H,8H2,1-3H3,(H,13,14)/t9-/m1/s1. The molecule has 0 saturated carbocycles. The number of rotatable bonds is 5. The van der Waals surface area contributed by atoms with Crippen LogP contribution in [-0.4, -0.2) is 31.9 Å². The second-order valence-electron chi connectivity index (χ2n) is 3.53. The van der Waals surface area contributed by atoms with Crippen molar-refractivity contribution in [2.45, 2.75) is 17.9 Å². The van der Waals surface area contributed by atoms with Gasteiger partial charge < -0.3 is 10.1 Å². The SMILES string of the molecule is COC[C@@H](C)NC(=O)c1ccccc1SC. The Balaban J connectivity index is 2.72. The molecule has 0 spiro atoms. The van der Waals surface area contributed by atoms with Gasteiger partial charge in [-0.25, -0.2) is 0 Å². The van der Waals surface area contributed by atoms with Gasteiger partial charge in [0.25, 0.3) is 5.91 Å². The fourth-order valence-corrected chi connectivity index (χ4v) is 2.02. The number of nitrogens with one attached hydrogen (secondary N) is 1. The molecule has 1 aromatic carbocycles. The van der Waals surface area contributed by atoms with Crippen LogP contribution in [0.5, 0.6) is 0 Å². The summed E-state index contributed by atoms with van der Waals surface area (Å²) in [6.45, 7) is 2.44. The van der Waals surface area contributed by atoms with E-state index in [0.717, 1.165) is 10.5 Å². The van der Waals surface area contributed by atoms with E-state index < -0.39 is 0 Å². The molecular weight excluding hydrogens is 222 g/mol. The Morgan fingerprint density at radius 1 is 1.50 bits per heavy atom. The largest absolute Gasteiger partial charge is 0.383 e. The molecular formula is C12H17NO2S. The molecule has 0 radical (unpaired) electrons. The number of thioether (sulfide) groups is 1. The minimum atomic E-state index is -0.0468. The molecule has 1 atom stereocenters. The van der Waals surface area contributed by atoms with Crippen molar-refractivity contribution in [3.05, 3.63) is 29.8 Å². The van der Waals surface area contributed by atoms with E-state index in [1.807, 2.05) is 37.4 Å². The van der Waals surface area contributed by atoms with Gasteiger partial charge in [0.15, 0.2) is 0 Å². The van der Waals surface area contributed by atoms with Crippen molar-refractivity contribution < 1.29 is 9.53 Å². The van der Waals surface area contributed by atoms with Gasteiger partial charge in [-0.05, 0) is 25.3 Å². The highest BCUT2D eigenvalue weighted by molar-refractivity contribution is 7.98. The van der Waals surface area contributed by atoms with E-state index in [1.165, 1.54) is 0 Å². The van der Waals surface area contributed by atoms with Gasteiger partial charge in [-0.1, -0.05) is 12.1 Å². The first kappa shape index (κ1) is 13.1. The molecule has 0 aliphatic carbocycles. The fourth-order valence-electron chi connectivity index (χ4n) is 1.43. The number of hydrogen-bond acceptors (Lipinski definition) is 3. The average molecular weight is 239 g/mol. The van der Waals surface area contributed by atoms with Crippen molar-refractivity contribution in [2.24, 2.45) is 0 Å². The summed E-state index contributed by atoms with van der Waals surface area (Å²) in [5.41, 5.74) is 0.720. The summed E-state index contributed by atoms with van der Waals surface area (Å²) in [7, 11) is 1.62. The summed E-state index contributed by atoms with van der Waals surface area (Å²) < 4.78 is 4.98. The predicted molar refractivity (Wildman–Crippen MR) is 67.0 cm³/mol. The van der Waals surface area contributed by atoms with Crippen LogP contribution in [0.2, 0.25) is 0 Å². The molecule has 0 aromatic heterocycles. The lowest BCUT2D eigenvalue weighted by atomic mass is 10.2. The molecule has 0 fully saturated rings. The smallest absolute Gasteiger partial charge is 0.252 e. The molecule has 1 N–H and O–H groups in total. The number of hydrogen-bond donors (Lipinski definition) is 1. The van der Waals surface area contributed by atoms with Crippen LogP contribution in [0.1, 0.15) is 17.3 Å². The average Bonchev–Trinajstić information content (AvgIpc) is 2.29. The molecule has 0 bridgehead atoms. The fraction of sp³-hybridized carbons (Fsp3) is 0.417. The van der Waals surface area contributed by atoms with Crippen LogP contribution in [0.4, 0.5) is 0 Å². The first-order valence-electron chi connectivity index (χ1n) is 5.12. The van der Waals surface area contributed by atoms with Crippen LogP contribution in [0.3, 0.4) is 0 Å². The van der Waals surface area contributed by atoms with E-state index in [9.17, 15) is 4.79 Å². The van der Waals surface area contributed by atoms with Crippen LogP contribution >= 0.6 is 11.8 Å². The van der Waals surface area contributed by atoms with E-state index in [0.29, 0.717) is 6.61 Å². The molecule has 1 rings (SSSR count). The van der Waals surface area contributed by atoms with Gasteiger partial charge in [-0.2, -0.15) is 0 Å². The molecule has 1 aromatic rings. The van der Waals surface area contributed by atoms with Crippen molar-refractivity contribution in [1.29, 1.82) is 0 Å². The van der Waals surface area contributed by atoms with Crippen LogP contribution in [0.15, 0.2) is 29.2 Å². The summed E-state index contributed by atoms with van der Waals surface area (Å²) in [6.07, 6.45) is 1.96. The zero-order valence-corrected chi connectivity index (χ0v) is 10.6. The van der Waals surface area contributed by atoms with Gasteiger partial charge in [0, 0.05) is 18.0 Å². The predicted octanol–water partition coefficient (Wildman–Crippen LogP) is 2.17. The number of methoxy groups -OCH3 is 1. The highest BCUT2D eigenvalue weighted by atomic mass is 32.2. The maximum Gasteiger partial charge on any atom is 0.252 e. The molecule has 3 nitrogen and oxygen atoms in total. The monoisotopic (exact) mass is 239 g/mol. The van der Waals surface area contributed by atoms with E-state index in [-0.39, 0.29) is 11.9 Å². The molecule has 0 aliphatic heterocycles. The topological polar surface area (TPSA) is 38.3 Å². The number of carbonyl (C=O) groups excluding carboxylic acids is 1. The first-order valence-corrected chi connectivity index (χ1v) is 6.34. The van der Waals surface area contributed by atoms with Crippen molar-refractivity contribution in [3.8, 4) is 0 Å². The Labute approximate surface area is 101 Å². The summed E-state index contributed by atoms with van der Waals surface area (Å²) in [4.78, 5) is 12.9. The van der Waals surface area contributed by atoms with Crippen molar-refractivity contribution in [3.63, 3.8) is 0 Å². The van der Waals surface area contributed by atoms with Crippen LogP contribution in [0.25, 0.3) is 0 Å². The molecule has 16 heavy (non-hydrogen) atoms. The first-order chi connectivity index (χ1) is 7.69. The van der Waals surface area contributed by atoms with Gasteiger partial charge in [0.1, 0.15) is 0 Å². The maximum atomic E-state index is 11.9. The number of amides is 1. The van der Waals surface area contributed by atoms with Crippen molar-refractivity contribution in [2.75, 3.05) is 20.0 Å². The molecule has 0 saturated heterocycles. The van der Waals surface area contributed by atoms with Gasteiger partial charge in [-0.3, -0.25) is 4.79 Å². The van der Waals surface area contributed by atoms with E-state index in [4.69, 9.17) is 4.74 Å². The van der Waals surface area contributed by atoms with E-state index in [1.54, 1.807) is 18.9 Å². The summed E-state index contributed by atoms with van der Waals surface area (Å²) in [5, 5.41) is 2.89. The normalized spacial score (nSPS) is 12.2. The Hall–Kier alpha value is -1.00. The molecule has 0 aliphatic rings. The van der Waals surface area contributed by atoms with Gasteiger partial charge >= 0.3 is 0 Å². The number of ether oxygens (including phenoxy) is 1. The highest BCUT2D eigenvalue weighted by Gasteiger charge is 2.12. The summed E-state index contributed by atoms with van der Waals surface area (Å²) in [6, 6.07) is 7.60. The lowest BCUT2D eigenvalue weighted by molar-refractivity contribution is 0.0902. The second kappa shape index (κ2) is 6.55. The lowest BCUT2D eigenvalue weighted by Crippen LogP contribution is -2.35.